The summed E-state index contributed by atoms with van der Waals surface area (Å²) >= 11 is 1.54. The van der Waals surface area contributed by atoms with Gasteiger partial charge in [0.05, 0.1) is 12.8 Å². The van der Waals surface area contributed by atoms with Crippen LogP contribution < -0.4 is 5.32 Å². The highest BCUT2D eigenvalue weighted by Gasteiger charge is 2.09. The molecule has 0 radical (unpaired) electrons. The van der Waals surface area contributed by atoms with Crippen molar-refractivity contribution in [1.82, 2.24) is 10.3 Å². The SMILES string of the molecule is Cc1cccc2oc(SCc3ccc(C(=O)NCc4ccco4)cc3)nc12. The molecule has 136 valence electrons. The number of aryl methyl sites for hydroxylation is 1. The zero-order chi connectivity index (χ0) is 18.6. The Morgan fingerprint density at radius 1 is 1.11 bits per heavy atom. The van der Waals surface area contributed by atoms with Gasteiger partial charge in [0.15, 0.2) is 5.58 Å². The predicted molar refractivity (Wildman–Crippen MR) is 105 cm³/mol. The Morgan fingerprint density at radius 3 is 2.70 bits per heavy atom. The number of thioether (sulfide) groups is 1. The third kappa shape index (κ3) is 4.06. The molecule has 6 heteroatoms. The van der Waals surface area contributed by atoms with Gasteiger partial charge in [0.1, 0.15) is 11.3 Å². The van der Waals surface area contributed by atoms with Crippen LogP contribution in [0.3, 0.4) is 0 Å². The van der Waals surface area contributed by atoms with Crippen molar-refractivity contribution in [2.75, 3.05) is 0 Å². The predicted octanol–water partition coefficient (Wildman–Crippen LogP) is 4.95. The number of nitrogens with one attached hydrogen (secondary N) is 1. The fraction of sp³-hybridized carbons (Fsp3) is 0.143. The van der Waals surface area contributed by atoms with Crippen LogP contribution in [0.2, 0.25) is 0 Å². The highest BCUT2D eigenvalue weighted by molar-refractivity contribution is 7.98. The molecule has 0 aliphatic heterocycles. The molecule has 27 heavy (non-hydrogen) atoms. The summed E-state index contributed by atoms with van der Waals surface area (Å²) in [6, 6.07) is 17.1. The first-order valence-corrected chi connectivity index (χ1v) is 9.56. The lowest BCUT2D eigenvalue weighted by molar-refractivity contribution is 0.0948. The number of hydrogen-bond acceptors (Lipinski definition) is 5. The molecule has 0 bridgehead atoms. The zero-order valence-corrected chi connectivity index (χ0v) is 15.6. The highest BCUT2D eigenvalue weighted by atomic mass is 32.2. The quantitative estimate of drug-likeness (QED) is 0.481. The maximum atomic E-state index is 12.2. The first-order valence-electron chi connectivity index (χ1n) is 8.57. The van der Waals surface area contributed by atoms with Crippen molar-refractivity contribution in [3.63, 3.8) is 0 Å². The molecule has 0 aliphatic carbocycles. The molecule has 0 unspecified atom stereocenters. The summed E-state index contributed by atoms with van der Waals surface area (Å²) < 4.78 is 11.0. The molecule has 4 aromatic rings. The van der Waals surface area contributed by atoms with E-state index in [1.54, 1.807) is 24.1 Å². The van der Waals surface area contributed by atoms with Gasteiger partial charge in [-0.15, -0.1) is 0 Å². The van der Waals surface area contributed by atoms with E-state index in [1.807, 2.05) is 55.5 Å². The lowest BCUT2D eigenvalue weighted by Gasteiger charge is -2.04. The molecule has 2 aromatic carbocycles. The minimum absolute atomic E-state index is 0.125. The smallest absolute Gasteiger partial charge is 0.257 e. The van der Waals surface area contributed by atoms with Crippen LogP contribution in [0.15, 0.2) is 74.9 Å². The number of carbonyl (C=O) groups is 1. The maximum absolute atomic E-state index is 12.2. The summed E-state index contributed by atoms with van der Waals surface area (Å²) in [5, 5.41) is 3.49. The lowest BCUT2D eigenvalue weighted by atomic mass is 10.1. The Morgan fingerprint density at radius 2 is 1.96 bits per heavy atom. The fourth-order valence-electron chi connectivity index (χ4n) is 2.71. The molecule has 0 saturated carbocycles. The number of nitrogens with zero attached hydrogens (tertiary/aromatic N) is 1. The van der Waals surface area contributed by atoms with Crippen molar-refractivity contribution in [2.24, 2.45) is 0 Å². The van der Waals surface area contributed by atoms with Crippen molar-refractivity contribution >= 4 is 28.8 Å². The van der Waals surface area contributed by atoms with Gasteiger partial charge in [-0.25, -0.2) is 4.98 Å². The molecule has 0 atom stereocenters. The number of para-hydroxylation sites is 1. The Bertz CT molecular complexity index is 1050. The van der Waals surface area contributed by atoms with Gasteiger partial charge in [0, 0.05) is 11.3 Å². The van der Waals surface area contributed by atoms with Crippen LogP contribution in [0, 0.1) is 6.92 Å². The van der Waals surface area contributed by atoms with Crippen molar-refractivity contribution in [3.8, 4) is 0 Å². The second kappa shape index (κ2) is 7.72. The summed E-state index contributed by atoms with van der Waals surface area (Å²) in [5.41, 5.74) is 4.53. The first-order chi connectivity index (χ1) is 13.2. The second-order valence-corrected chi connectivity index (χ2v) is 7.08. The summed E-state index contributed by atoms with van der Waals surface area (Å²) in [6.07, 6.45) is 1.59. The van der Waals surface area contributed by atoms with Gasteiger partial charge in [0.2, 0.25) is 0 Å². The maximum Gasteiger partial charge on any atom is 0.257 e. The molecule has 5 nitrogen and oxygen atoms in total. The van der Waals surface area contributed by atoms with Crippen LogP contribution >= 0.6 is 11.8 Å². The molecule has 0 spiro atoms. The van der Waals surface area contributed by atoms with E-state index in [2.05, 4.69) is 10.3 Å². The lowest BCUT2D eigenvalue weighted by Crippen LogP contribution is -2.22. The minimum Gasteiger partial charge on any atom is -0.467 e. The van der Waals surface area contributed by atoms with Crippen molar-refractivity contribution in [3.05, 3.63) is 83.3 Å². The van der Waals surface area contributed by atoms with Gasteiger partial charge in [-0.1, -0.05) is 36.0 Å². The number of rotatable bonds is 6. The number of hydrogen-bond donors (Lipinski definition) is 1. The molecule has 2 aromatic heterocycles. The number of benzene rings is 2. The van der Waals surface area contributed by atoms with E-state index in [0.29, 0.717) is 17.3 Å². The first kappa shape index (κ1) is 17.4. The van der Waals surface area contributed by atoms with E-state index in [1.165, 1.54) is 0 Å². The summed E-state index contributed by atoms with van der Waals surface area (Å²) in [4.78, 5) is 16.7. The van der Waals surface area contributed by atoms with E-state index in [9.17, 15) is 4.79 Å². The third-order valence-electron chi connectivity index (χ3n) is 4.18. The summed E-state index contributed by atoms with van der Waals surface area (Å²) in [6.45, 7) is 2.40. The zero-order valence-electron chi connectivity index (χ0n) is 14.8. The van der Waals surface area contributed by atoms with Gasteiger partial charge in [0.25, 0.3) is 11.1 Å². The number of aromatic nitrogens is 1. The number of oxazole rings is 1. The molecule has 4 rings (SSSR count). The summed E-state index contributed by atoms with van der Waals surface area (Å²) in [7, 11) is 0. The Balaban J connectivity index is 1.35. The van der Waals surface area contributed by atoms with E-state index in [4.69, 9.17) is 8.83 Å². The topological polar surface area (TPSA) is 68.3 Å². The Hall–Kier alpha value is -2.99. The van der Waals surface area contributed by atoms with Gasteiger partial charge < -0.3 is 14.2 Å². The van der Waals surface area contributed by atoms with Crippen LogP contribution in [0.5, 0.6) is 0 Å². The molecule has 0 aliphatic rings. The highest BCUT2D eigenvalue weighted by Crippen LogP contribution is 2.27. The number of amides is 1. The van der Waals surface area contributed by atoms with Crippen LogP contribution in [-0.4, -0.2) is 10.9 Å². The van der Waals surface area contributed by atoms with Crippen LogP contribution in [0.4, 0.5) is 0 Å². The van der Waals surface area contributed by atoms with Crippen LogP contribution in [0.1, 0.15) is 27.2 Å². The molecule has 1 amide bonds. The number of fused-ring (bicyclic) bond motifs is 1. The second-order valence-electron chi connectivity index (χ2n) is 6.15. The van der Waals surface area contributed by atoms with Crippen molar-refractivity contribution in [1.29, 1.82) is 0 Å². The van der Waals surface area contributed by atoms with E-state index in [0.717, 1.165) is 33.7 Å². The van der Waals surface area contributed by atoms with Gasteiger partial charge >= 0.3 is 0 Å². The average Bonchev–Trinajstić information content (AvgIpc) is 3.35. The molecular weight excluding hydrogens is 360 g/mol. The van der Waals surface area contributed by atoms with E-state index < -0.39 is 0 Å². The molecule has 0 saturated heterocycles. The minimum atomic E-state index is -0.125. The Labute approximate surface area is 160 Å². The van der Waals surface area contributed by atoms with Crippen molar-refractivity contribution in [2.45, 2.75) is 24.4 Å². The van der Waals surface area contributed by atoms with E-state index >= 15 is 0 Å². The number of carbonyl (C=O) groups excluding carboxylic acids is 1. The standard InChI is InChI=1S/C21H18N2O3S/c1-14-4-2-6-18-19(14)23-21(26-18)27-13-15-7-9-16(10-8-15)20(24)22-12-17-5-3-11-25-17/h2-11H,12-13H2,1H3,(H,22,24). The number of furan rings is 1. The van der Waals surface area contributed by atoms with E-state index in [-0.39, 0.29) is 5.91 Å². The van der Waals surface area contributed by atoms with Gasteiger partial charge in [-0.2, -0.15) is 0 Å². The third-order valence-corrected chi connectivity index (χ3v) is 5.08. The molecular formula is C21H18N2O3S. The molecule has 0 fully saturated rings. The molecule has 1 N–H and O–H groups in total. The largest absolute Gasteiger partial charge is 0.467 e. The Kier molecular flexibility index (Phi) is 4.98. The van der Waals surface area contributed by atoms with Crippen LogP contribution in [-0.2, 0) is 12.3 Å². The van der Waals surface area contributed by atoms with Crippen LogP contribution in [0.25, 0.3) is 11.1 Å². The van der Waals surface area contributed by atoms with Gasteiger partial charge in [-0.05, 0) is 48.4 Å². The summed E-state index contributed by atoms with van der Waals surface area (Å²) in [5.74, 6) is 1.32. The fourth-order valence-corrected chi connectivity index (χ4v) is 3.49. The monoisotopic (exact) mass is 378 g/mol. The average molecular weight is 378 g/mol. The van der Waals surface area contributed by atoms with Crippen molar-refractivity contribution < 1.29 is 13.6 Å². The molecule has 2 heterocycles. The normalized spacial score (nSPS) is 11.0. The van der Waals surface area contributed by atoms with Gasteiger partial charge in [-0.3, -0.25) is 4.79 Å².